The molecule has 0 saturated carbocycles. The van der Waals surface area contributed by atoms with Crippen molar-refractivity contribution in [1.82, 2.24) is 4.98 Å². The second kappa shape index (κ2) is 8.05. The summed E-state index contributed by atoms with van der Waals surface area (Å²) in [5.74, 6) is 1.65. The van der Waals surface area contributed by atoms with Crippen molar-refractivity contribution in [2.75, 3.05) is 20.0 Å². The summed E-state index contributed by atoms with van der Waals surface area (Å²) in [5, 5.41) is 1.06. The third-order valence-corrected chi connectivity index (χ3v) is 4.78. The second-order valence-electron chi connectivity index (χ2n) is 5.85. The molecule has 4 N–H and O–H groups in total. The molecular weight excluding hydrogens is 385 g/mol. The topological polar surface area (TPSA) is 83.4 Å². The molecule has 0 aliphatic carbocycles. The number of methoxy groups -OCH3 is 2. The summed E-state index contributed by atoms with van der Waals surface area (Å²) >= 11 is 12.4. The van der Waals surface area contributed by atoms with E-state index in [2.05, 4.69) is 4.98 Å². The first-order valence-electron chi connectivity index (χ1n) is 8.15. The number of nitrogens with zero attached hydrogens (tertiary/aromatic N) is 1. The quantitative estimate of drug-likeness (QED) is 0.640. The predicted molar refractivity (Wildman–Crippen MR) is 111 cm³/mol. The van der Waals surface area contributed by atoms with Crippen molar-refractivity contribution in [3.05, 3.63) is 58.1 Å². The Bertz CT molecular complexity index is 971. The van der Waals surface area contributed by atoms with Crippen LogP contribution < -0.4 is 20.9 Å². The standard InChI is InChI=1S/C20H19Cl2N3O2/c1-26-13-5-11(6-14(8-13)27-2)19-9-16(17(10-23)20(24)25-19)15-4-3-12(21)7-18(15)22/h3-9H,10,23H2,1-2H3,(H2,24,25). The molecule has 0 radical (unpaired) electrons. The highest BCUT2D eigenvalue weighted by molar-refractivity contribution is 6.36. The van der Waals surface area contributed by atoms with Crippen LogP contribution in [0.3, 0.4) is 0 Å². The molecule has 7 heteroatoms. The van der Waals surface area contributed by atoms with Gasteiger partial charge in [0.15, 0.2) is 0 Å². The van der Waals surface area contributed by atoms with Crippen molar-refractivity contribution in [2.24, 2.45) is 5.73 Å². The zero-order valence-corrected chi connectivity index (χ0v) is 16.4. The number of nitrogen functional groups attached to an aromatic ring is 1. The molecule has 1 aromatic heterocycles. The lowest BCUT2D eigenvalue weighted by molar-refractivity contribution is 0.394. The Labute approximate surface area is 167 Å². The second-order valence-corrected chi connectivity index (χ2v) is 6.69. The van der Waals surface area contributed by atoms with Gasteiger partial charge in [-0.15, -0.1) is 0 Å². The molecule has 3 aromatic rings. The third-order valence-electron chi connectivity index (χ3n) is 4.23. The highest BCUT2D eigenvalue weighted by atomic mass is 35.5. The van der Waals surface area contributed by atoms with Gasteiger partial charge in [-0.05, 0) is 35.9 Å². The van der Waals surface area contributed by atoms with Gasteiger partial charge in [0.05, 0.1) is 19.9 Å². The van der Waals surface area contributed by atoms with E-state index in [4.69, 9.17) is 44.1 Å². The summed E-state index contributed by atoms with van der Waals surface area (Å²) in [7, 11) is 3.19. The van der Waals surface area contributed by atoms with Crippen molar-refractivity contribution < 1.29 is 9.47 Å². The average molecular weight is 404 g/mol. The van der Waals surface area contributed by atoms with Crippen LogP contribution in [0.4, 0.5) is 5.82 Å². The van der Waals surface area contributed by atoms with Crippen molar-refractivity contribution in [3.8, 4) is 33.9 Å². The molecule has 140 valence electrons. The SMILES string of the molecule is COc1cc(OC)cc(-c2cc(-c3ccc(Cl)cc3Cl)c(CN)c(N)n2)c1. The molecule has 0 saturated heterocycles. The third kappa shape index (κ3) is 3.95. The van der Waals surface area contributed by atoms with E-state index in [0.717, 1.165) is 22.3 Å². The average Bonchev–Trinajstić information content (AvgIpc) is 2.67. The molecule has 1 heterocycles. The van der Waals surface area contributed by atoms with E-state index in [1.165, 1.54) is 0 Å². The fourth-order valence-corrected chi connectivity index (χ4v) is 3.37. The maximum Gasteiger partial charge on any atom is 0.129 e. The first kappa shape index (κ1) is 19.3. The lowest BCUT2D eigenvalue weighted by Gasteiger charge is -2.15. The lowest BCUT2D eigenvalue weighted by Crippen LogP contribution is -2.07. The Morgan fingerprint density at radius 2 is 1.59 bits per heavy atom. The van der Waals surface area contributed by atoms with Gasteiger partial charge in [-0.25, -0.2) is 4.98 Å². The van der Waals surface area contributed by atoms with Gasteiger partial charge in [-0.3, -0.25) is 0 Å². The Kier molecular flexibility index (Phi) is 5.75. The van der Waals surface area contributed by atoms with Gasteiger partial charge in [0.2, 0.25) is 0 Å². The first-order chi connectivity index (χ1) is 13.0. The van der Waals surface area contributed by atoms with Crippen LogP contribution in [0.5, 0.6) is 11.5 Å². The number of anilines is 1. The summed E-state index contributed by atoms with van der Waals surface area (Å²) in [5.41, 5.74) is 15.9. The molecule has 5 nitrogen and oxygen atoms in total. The monoisotopic (exact) mass is 403 g/mol. The fraction of sp³-hybridized carbons (Fsp3) is 0.150. The van der Waals surface area contributed by atoms with Crippen LogP contribution in [-0.4, -0.2) is 19.2 Å². The maximum absolute atomic E-state index is 6.41. The molecule has 0 amide bonds. The minimum atomic E-state index is 0.231. The number of benzene rings is 2. The van der Waals surface area contributed by atoms with Gasteiger partial charge in [0, 0.05) is 39.3 Å². The number of nitrogens with two attached hydrogens (primary N) is 2. The summed E-state index contributed by atoms with van der Waals surface area (Å²) in [6.45, 7) is 0.231. The van der Waals surface area contributed by atoms with Gasteiger partial charge in [-0.1, -0.05) is 29.3 Å². The van der Waals surface area contributed by atoms with Gasteiger partial charge in [0.25, 0.3) is 0 Å². The largest absolute Gasteiger partial charge is 0.497 e. The Morgan fingerprint density at radius 1 is 0.926 bits per heavy atom. The number of pyridine rings is 1. The minimum absolute atomic E-state index is 0.231. The van der Waals surface area contributed by atoms with Crippen LogP contribution in [0.25, 0.3) is 22.4 Å². The van der Waals surface area contributed by atoms with Crippen LogP contribution in [0, 0.1) is 0 Å². The number of hydrogen-bond donors (Lipinski definition) is 2. The van der Waals surface area contributed by atoms with Gasteiger partial charge in [-0.2, -0.15) is 0 Å². The van der Waals surface area contributed by atoms with E-state index in [0.29, 0.717) is 33.1 Å². The molecule has 0 unspecified atom stereocenters. The number of halogens is 2. The zero-order chi connectivity index (χ0) is 19.6. The highest BCUT2D eigenvalue weighted by Gasteiger charge is 2.16. The summed E-state index contributed by atoms with van der Waals surface area (Å²) in [6.07, 6.45) is 0. The predicted octanol–water partition coefficient (Wildman–Crippen LogP) is 4.78. The Balaban J connectivity index is 2.24. The van der Waals surface area contributed by atoms with E-state index >= 15 is 0 Å². The highest BCUT2D eigenvalue weighted by Crippen LogP contribution is 2.37. The summed E-state index contributed by atoms with van der Waals surface area (Å²) in [4.78, 5) is 4.52. The van der Waals surface area contributed by atoms with Crippen molar-refractivity contribution in [3.63, 3.8) is 0 Å². The number of aromatic nitrogens is 1. The summed E-state index contributed by atoms with van der Waals surface area (Å²) < 4.78 is 10.7. The van der Waals surface area contributed by atoms with Crippen LogP contribution >= 0.6 is 23.2 Å². The van der Waals surface area contributed by atoms with Gasteiger partial charge in [0.1, 0.15) is 17.3 Å². The number of hydrogen-bond acceptors (Lipinski definition) is 5. The van der Waals surface area contributed by atoms with Crippen molar-refractivity contribution in [1.29, 1.82) is 0 Å². The van der Waals surface area contributed by atoms with Crippen LogP contribution in [-0.2, 0) is 6.54 Å². The molecule has 3 rings (SSSR count). The normalized spacial score (nSPS) is 10.7. The summed E-state index contributed by atoms with van der Waals surface area (Å²) in [6, 6.07) is 12.7. The van der Waals surface area contributed by atoms with E-state index in [9.17, 15) is 0 Å². The molecule has 0 aliphatic rings. The fourth-order valence-electron chi connectivity index (χ4n) is 2.86. The minimum Gasteiger partial charge on any atom is -0.497 e. The molecule has 0 spiro atoms. The maximum atomic E-state index is 6.41. The van der Waals surface area contributed by atoms with E-state index in [1.54, 1.807) is 32.4 Å². The molecule has 2 aromatic carbocycles. The van der Waals surface area contributed by atoms with Crippen LogP contribution in [0.1, 0.15) is 5.56 Å². The number of rotatable bonds is 5. The molecular formula is C20H19Cl2N3O2. The van der Waals surface area contributed by atoms with Gasteiger partial charge < -0.3 is 20.9 Å². The number of ether oxygens (including phenoxy) is 2. The van der Waals surface area contributed by atoms with E-state index < -0.39 is 0 Å². The smallest absolute Gasteiger partial charge is 0.129 e. The van der Waals surface area contributed by atoms with Crippen LogP contribution in [0.2, 0.25) is 10.0 Å². The van der Waals surface area contributed by atoms with E-state index in [1.807, 2.05) is 24.3 Å². The zero-order valence-electron chi connectivity index (χ0n) is 14.9. The van der Waals surface area contributed by atoms with Crippen molar-refractivity contribution >= 4 is 29.0 Å². The van der Waals surface area contributed by atoms with E-state index in [-0.39, 0.29) is 6.54 Å². The van der Waals surface area contributed by atoms with Crippen molar-refractivity contribution in [2.45, 2.75) is 6.54 Å². The molecule has 0 atom stereocenters. The lowest BCUT2D eigenvalue weighted by atomic mass is 9.97. The molecule has 0 bridgehead atoms. The molecule has 0 fully saturated rings. The van der Waals surface area contributed by atoms with Crippen LogP contribution in [0.15, 0.2) is 42.5 Å². The Morgan fingerprint density at radius 3 is 2.15 bits per heavy atom. The molecule has 0 aliphatic heterocycles. The first-order valence-corrected chi connectivity index (χ1v) is 8.90. The van der Waals surface area contributed by atoms with Gasteiger partial charge >= 0.3 is 0 Å². The molecule has 27 heavy (non-hydrogen) atoms. The Hall–Kier alpha value is -2.47.